The molecule has 0 unspecified atom stereocenters. The maximum Gasteiger partial charge on any atom is 0.226 e. The van der Waals surface area contributed by atoms with Crippen LogP contribution in [0.2, 0.25) is 0 Å². The third kappa shape index (κ3) is 3.99. The van der Waals surface area contributed by atoms with Gasteiger partial charge in [-0.25, -0.2) is 0 Å². The van der Waals surface area contributed by atoms with E-state index in [1.807, 2.05) is 6.79 Å². The molecule has 0 fully saturated rings. The van der Waals surface area contributed by atoms with E-state index in [0.717, 1.165) is 0 Å². The summed E-state index contributed by atoms with van der Waals surface area (Å²) in [7, 11) is 0. The quantitative estimate of drug-likeness (QED) is 0.450. The molecule has 1 aromatic rings. The van der Waals surface area contributed by atoms with Crippen molar-refractivity contribution in [2.45, 2.75) is 0 Å². The third-order valence-corrected chi connectivity index (χ3v) is 0.687. The average Bonchev–Trinajstić information content (AvgIpc) is 1.88. The van der Waals surface area contributed by atoms with Gasteiger partial charge in [-0.3, -0.25) is 0 Å². The fourth-order valence-electron chi connectivity index (χ4n) is 0.427. The zero-order chi connectivity index (χ0) is 8.85. The summed E-state index contributed by atoms with van der Waals surface area (Å²) in [6.45, 7) is 2.00. The van der Waals surface area contributed by atoms with Gasteiger partial charge in [-0.1, -0.05) is 7.43 Å². The number of hydrogen-bond acceptors (Lipinski definition) is 7. The Morgan fingerprint density at radius 2 is 1.00 bits per heavy atom. The van der Waals surface area contributed by atoms with Crippen LogP contribution in [0.25, 0.3) is 0 Å². The summed E-state index contributed by atoms with van der Waals surface area (Å²) in [6, 6.07) is 0. The third-order valence-electron chi connectivity index (χ3n) is 0.687. The van der Waals surface area contributed by atoms with Crippen LogP contribution in [-0.2, 0) is 4.79 Å². The van der Waals surface area contributed by atoms with Crippen LogP contribution in [0.5, 0.6) is 0 Å². The molecule has 0 amide bonds. The number of rotatable bonds is 0. The Bertz CT molecular complexity index is 189. The lowest BCUT2D eigenvalue weighted by Gasteiger charge is -1.93. The lowest BCUT2D eigenvalue weighted by Crippen LogP contribution is -2.05. The van der Waals surface area contributed by atoms with E-state index in [9.17, 15) is 0 Å². The number of nitrogens with zero attached hydrogens (tertiary/aromatic N) is 3. The van der Waals surface area contributed by atoms with Crippen molar-refractivity contribution in [3.05, 3.63) is 7.43 Å². The van der Waals surface area contributed by atoms with Crippen LogP contribution >= 0.6 is 0 Å². The second-order valence-corrected chi connectivity index (χ2v) is 1.41. The van der Waals surface area contributed by atoms with E-state index < -0.39 is 0 Å². The molecule has 0 bridgehead atoms. The molecule has 67 valence electrons. The minimum atomic E-state index is 0. The average molecular weight is 171 g/mol. The van der Waals surface area contributed by atoms with E-state index in [4.69, 9.17) is 22.0 Å². The van der Waals surface area contributed by atoms with E-state index in [1.165, 1.54) is 0 Å². The molecular formula is C5H11N6O. The van der Waals surface area contributed by atoms with Gasteiger partial charge < -0.3 is 22.0 Å². The Labute approximate surface area is 70.0 Å². The van der Waals surface area contributed by atoms with Crippen molar-refractivity contribution >= 4 is 24.6 Å². The second kappa shape index (κ2) is 5.83. The lowest BCUT2D eigenvalue weighted by atomic mass is 10.9. The molecule has 0 atom stereocenters. The molecule has 1 radical (unpaired) electrons. The maximum absolute atomic E-state index is 8.00. The van der Waals surface area contributed by atoms with Crippen molar-refractivity contribution in [2.24, 2.45) is 0 Å². The first-order valence-electron chi connectivity index (χ1n) is 2.50. The van der Waals surface area contributed by atoms with Crippen molar-refractivity contribution in [1.29, 1.82) is 0 Å². The minimum absolute atomic E-state index is 0. The normalized spacial score (nSPS) is 7.33. The largest absolute Gasteiger partial charge is 0.368 e. The van der Waals surface area contributed by atoms with Crippen molar-refractivity contribution < 1.29 is 4.79 Å². The fraction of sp³-hybridized carbons (Fsp3) is 0. The Kier molecular flexibility index (Phi) is 6.19. The highest BCUT2D eigenvalue weighted by atomic mass is 16.1. The van der Waals surface area contributed by atoms with Gasteiger partial charge in [-0.2, -0.15) is 15.0 Å². The zero-order valence-electron chi connectivity index (χ0n) is 6.69. The SMILES string of the molecule is C=O.Nc1nc(N)nc(N)n1.[CH3]. The Hall–Kier alpha value is -1.92. The predicted octanol–water partition coefficient (Wildman–Crippen LogP) is -1.12. The molecule has 7 nitrogen and oxygen atoms in total. The monoisotopic (exact) mass is 171 g/mol. The minimum Gasteiger partial charge on any atom is -0.368 e. The van der Waals surface area contributed by atoms with Crippen molar-refractivity contribution in [3.63, 3.8) is 0 Å². The first-order valence-corrected chi connectivity index (χ1v) is 2.50. The highest BCUT2D eigenvalue weighted by Gasteiger charge is 1.93. The molecule has 1 heterocycles. The molecule has 12 heavy (non-hydrogen) atoms. The highest BCUT2D eigenvalue weighted by Crippen LogP contribution is 1.97. The molecule has 0 aliphatic heterocycles. The number of carbonyl (C=O) groups is 1. The standard InChI is InChI=1S/C3H6N6.CH2O.CH3/c4-1-7-2(5)9-3(6)8-1;1-2;/h(H6,4,5,6,7,8,9);1H2;1H3. The summed E-state index contributed by atoms with van der Waals surface area (Å²) in [5.41, 5.74) is 15.4. The number of nitrogen functional groups attached to an aromatic ring is 3. The first kappa shape index (κ1) is 12.7. The van der Waals surface area contributed by atoms with Gasteiger partial charge in [0.15, 0.2) is 0 Å². The van der Waals surface area contributed by atoms with E-state index in [1.54, 1.807) is 0 Å². The molecule has 0 aliphatic carbocycles. The molecule has 0 aliphatic rings. The van der Waals surface area contributed by atoms with Crippen molar-refractivity contribution in [3.8, 4) is 0 Å². The van der Waals surface area contributed by atoms with Gasteiger partial charge in [0.2, 0.25) is 17.8 Å². The van der Waals surface area contributed by atoms with Crippen LogP contribution in [-0.4, -0.2) is 21.7 Å². The Morgan fingerprint density at radius 3 is 1.17 bits per heavy atom. The molecule has 0 saturated heterocycles. The molecule has 1 rings (SSSR count). The molecule has 6 N–H and O–H groups in total. The van der Waals surface area contributed by atoms with Crippen LogP contribution in [0.15, 0.2) is 0 Å². The molecule has 0 spiro atoms. The van der Waals surface area contributed by atoms with Crippen LogP contribution in [0.4, 0.5) is 17.8 Å². The lowest BCUT2D eigenvalue weighted by molar-refractivity contribution is -0.0979. The summed E-state index contributed by atoms with van der Waals surface area (Å²) >= 11 is 0. The number of anilines is 3. The maximum atomic E-state index is 8.00. The topological polar surface area (TPSA) is 134 Å². The van der Waals surface area contributed by atoms with E-state index in [2.05, 4.69) is 15.0 Å². The molecule has 7 heteroatoms. The van der Waals surface area contributed by atoms with Gasteiger partial charge in [0, 0.05) is 0 Å². The number of nitrogens with two attached hydrogens (primary N) is 3. The van der Waals surface area contributed by atoms with Crippen LogP contribution in [0.3, 0.4) is 0 Å². The summed E-state index contributed by atoms with van der Waals surface area (Å²) in [5, 5.41) is 0. The second-order valence-electron chi connectivity index (χ2n) is 1.41. The van der Waals surface area contributed by atoms with E-state index in [0.29, 0.717) is 0 Å². The van der Waals surface area contributed by atoms with Gasteiger partial charge in [0.1, 0.15) is 6.79 Å². The predicted molar refractivity (Wildman–Crippen MR) is 46.6 cm³/mol. The van der Waals surface area contributed by atoms with Gasteiger partial charge >= 0.3 is 0 Å². The van der Waals surface area contributed by atoms with Crippen LogP contribution in [0, 0.1) is 7.43 Å². The van der Waals surface area contributed by atoms with Crippen molar-refractivity contribution in [2.75, 3.05) is 17.2 Å². The zero-order valence-corrected chi connectivity index (χ0v) is 6.69. The van der Waals surface area contributed by atoms with E-state index in [-0.39, 0.29) is 25.3 Å². The molecular weight excluding hydrogens is 160 g/mol. The van der Waals surface area contributed by atoms with Crippen LogP contribution < -0.4 is 17.2 Å². The molecule has 0 aromatic carbocycles. The molecule has 0 saturated carbocycles. The number of carbonyl (C=O) groups excluding carboxylic acids is 1. The highest BCUT2D eigenvalue weighted by molar-refractivity contribution is 5.33. The summed E-state index contributed by atoms with van der Waals surface area (Å²) < 4.78 is 0. The summed E-state index contributed by atoms with van der Waals surface area (Å²) in [6.07, 6.45) is 0. The first-order chi connectivity index (χ1) is 5.18. The molecule has 1 aromatic heterocycles. The van der Waals surface area contributed by atoms with Crippen molar-refractivity contribution in [1.82, 2.24) is 15.0 Å². The fourth-order valence-corrected chi connectivity index (χ4v) is 0.427. The smallest absolute Gasteiger partial charge is 0.226 e. The summed E-state index contributed by atoms with van der Waals surface area (Å²) in [4.78, 5) is 18.5. The van der Waals surface area contributed by atoms with Gasteiger partial charge in [0.25, 0.3) is 0 Å². The van der Waals surface area contributed by atoms with Gasteiger partial charge in [-0.15, -0.1) is 0 Å². The number of hydrogen-bond donors (Lipinski definition) is 3. The van der Waals surface area contributed by atoms with Crippen LogP contribution in [0.1, 0.15) is 0 Å². The van der Waals surface area contributed by atoms with Gasteiger partial charge in [0.05, 0.1) is 0 Å². The number of aromatic nitrogens is 3. The Morgan fingerprint density at radius 1 is 0.833 bits per heavy atom. The van der Waals surface area contributed by atoms with Gasteiger partial charge in [-0.05, 0) is 0 Å². The van der Waals surface area contributed by atoms with E-state index >= 15 is 0 Å². The summed E-state index contributed by atoms with van der Waals surface area (Å²) in [5.74, 6) is 0.125. The Balaban J connectivity index is 0.